The fourth-order valence-corrected chi connectivity index (χ4v) is 3.74. The third kappa shape index (κ3) is 6.32. The zero-order chi connectivity index (χ0) is 22.7. The van der Waals surface area contributed by atoms with Gasteiger partial charge in [-0.2, -0.15) is 5.10 Å². The molecular weight excluding hydrogens is 450 g/mol. The minimum atomic E-state index is -0.528. The molecule has 1 heterocycles. The number of halogens is 1. The Morgan fingerprint density at radius 2 is 1.87 bits per heavy atom. The van der Waals surface area contributed by atoms with Crippen LogP contribution in [0, 0.1) is 11.8 Å². The molecule has 0 aliphatic heterocycles. The molecule has 3 N–H and O–H groups in total. The maximum absolute atomic E-state index is 11.8. The first kappa shape index (κ1) is 25.2. The molecule has 1 saturated carbocycles. The number of ether oxygens (including phenoxy) is 1. The van der Waals surface area contributed by atoms with E-state index >= 15 is 0 Å². The van der Waals surface area contributed by atoms with E-state index in [0.29, 0.717) is 33.1 Å². The molecule has 0 saturated heterocycles. The monoisotopic (exact) mass is 477 g/mol. The summed E-state index contributed by atoms with van der Waals surface area (Å²) in [7, 11) is 1.33. The van der Waals surface area contributed by atoms with Gasteiger partial charge in [0.05, 0.1) is 18.7 Å². The van der Waals surface area contributed by atoms with Gasteiger partial charge in [-0.15, -0.1) is 0 Å². The normalized spacial score (nSPS) is 13.1. The number of hydrogen-bond acceptors (Lipinski definition) is 6. The Bertz CT molecular complexity index is 873. The van der Waals surface area contributed by atoms with Crippen molar-refractivity contribution in [2.24, 2.45) is 5.73 Å². The maximum Gasteiger partial charge on any atom is 0.339 e. The van der Waals surface area contributed by atoms with E-state index in [2.05, 4.69) is 32.9 Å². The summed E-state index contributed by atoms with van der Waals surface area (Å²) in [6.07, 6.45) is 7.41. The molecule has 1 amide bonds. The summed E-state index contributed by atoms with van der Waals surface area (Å²) in [4.78, 5) is 23.5. The number of nitriles is 1. The molecule has 1 aliphatic carbocycles. The SMILES string of the molecule is C#N.CC.COC(=O)c1ccc(Nc2nn(C3CCCCC3)cc2C(N)=O)cc1Br. The predicted octanol–water partition coefficient (Wildman–Crippen LogP) is 4.95. The van der Waals surface area contributed by atoms with Crippen molar-refractivity contribution in [3.8, 4) is 6.57 Å². The number of carbonyl (C=O) groups excluding carboxylic acids is 2. The maximum atomic E-state index is 11.8. The molecule has 0 radical (unpaired) electrons. The molecule has 1 aliphatic rings. The van der Waals surface area contributed by atoms with Crippen molar-refractivity contribution in [3.63, 3.8) is 0 Å². The second-order valence-corrected chi connectivity index (χ2v) is 7.19. The van der Waals surface area contributed by atoms with Gasteiger partial charge in [0.15, 0.2) is 5.82 Å². The van der Waals surface area contributed by atoms with E-state index < -0.39 is 11.9 Å². The summed E-state index contributed by atoms with van der Waals surface area (Å²) < 4.78 is 7.16. The number of methoxy groups -OCH3 is 1. The second-order valence-electron chi connectivity index (χ2n) is 6.34. The van der Waals surface area contributed by atoms with Crippen molar-refractivity contribution in [3.05, 3.63) is 40.0 Å². The van der Waals surface area contributed by atoms with Gasteiger partial charge >= 0.3 is 5.97 Å². The van der Waals surface area contributed by atoms with E-state index in [1.165, 1.54) is 26.4 Å². The Labute approximate surface area is 185 Å². The van der Waals surface area contributed by atoms with Crippen LogP contribution in [0.4, 0.5) is 11.5 Å². The average molecular weight is 478 g/mol. The van der Waals surface area contributed by atoms with Crippen LogP contribution in [0.5, 0.6) is 0 Å². The van der Waals surface area contributed by atoms with Crippen LogP contribution in [-0.4, -0.2) is 28.8 Å². The molecule has 1 aromatic heterocycles. The first-order valence-electron chi connectivity index (χ1n) is 9.79. The summed E-state index contributed by atoms with van der Waals surface area (Å²) in [6.45, 7) is 7.50. The standard InChI is InChI=1S/C18H21BrN4O3.C2H6.CHN/c1-26-18(25)13-8-7-11(9-15(13)19)21-17-14(16(20)24)10-23(22-17)12-5-3-2-4-6-12;2*1-2/h7-10,12H,2-6H2,1H3,(H2,20,24)(H,21,22);1-2H3;1H. The first-order valence-corrected chi connectivity index (χ1v) is 10.6. The fraction of sp³-hybridized carbons (Fsp3) is 0.429. The smallest absolute Gasteiger partial charge is 0.339 e. The average Bonchev–Trinajstić information content (AvgIpc) is 3.21. The van der Waals surface area contributed by atoms with Crippen LogP contribution in [-0.2, 0) is 4.74 Å². The van der Waals surface area contributed by atoms with Crippen LogP contribution in [0.15, 0.2) is 28.9 Å². The summed E-state index contributed by atoms with van der Waals surface area (Å²) in [6, 6.07) is 5.39. The van der Waals surface area contributed by atoms with Crippen molar-refractivity contribution >= 4 is 39.3 Å². The predicted molar refractivity (Wildman–Crippen MR) is 120 cm³/mol. The number of amides is 1. The number of carbonyl (C=O) groups is 2. The van der Waals surface area contributed by atoms with Crippen LogP contribution >= 0.6 is 15.9 Å². The Kier molecular flexibility index (Phi) is 10.6. The van der Waals surface area contributed by atoms with Crippen molar-refractivity contribution in [1.29, 1.82) is 5.26 Å². The number of anilines is 2. The fourth-order valence-electron chi connectivity index (χ4n) is 3.20. The topological polar surface area (TPSA) is 123 Å². The summed E-state index contributed by atoms with van der Waals surface area (Å²) in [5.74, 6) is -0.538. The molecule has 3 rings (SSSR count). The molecule has 0 unspecified atom stereocenters. The highest BCUT2D eigenvalue weighted by atomic mass is 79.9. The number of primary amides is 1. The van der Waals surface area contributed by atoms with E-state index in [-0.39, 0.29) is 0 Å². The molecular formula is C21H28BrN5O3. The second kappa shape index (κ2) is 12.6. The van der Waals surface area contributed by atoms with Crippen molar-refractivity contribution in [2.75, 3.05) is 12.4 Å². The largest absolute Gasteiger partial charge is 0.465 e. The number of nitrogens with one attached hydrogen (secondary N) is 1. The van der Waals surface area contributed by atoms with Crippen molar-refractivity contribution in [2.45, 2.75) is 52.0 Å². The lowest BCUT2D eigenvalue weighted by Gasteiger charge is -2.21. The molecule has 1 aromatic carbocycles. The van der Waals surface area contributed by atoms with Gasteiger partial charge in [0.1, 0.15) is 5.56 Å². The molecule has 30 heavy (non-hydrogen) atoms. The van der Waals surface area contributed by atoms with Crippen molar-refractivity contribution in [1.82, 2.24) is 9.78 Å². The van der Waals surface area contributed by atoms with Gasteiger partial charge in [0, 0.05) is 22.9 Å². The molecule has 0 spiro atoms. The van der Waals surface area contributed by atoms with Crippen LogP contribution in [0.3, 0.4) is 0 Å². The Morgan fingerprint density at radius 3 is 2.40 bits per heavy atom. The molecule has 162 valence electrons. The zero-order valence-electron chi connectivity index (χ0n) is 17.5. The first-order chi connectivity index (χ1) is 14.5. The molecule has 2 aromatic rings. The van der Waals surface area contributed by atoms with Gasteiger partial charge in [-0.1, -0.05) is 33.1 Å². The van der Waals surface area contributed by atoms with Gasteiger partial charge in [-0.3, -0.25) is 9.48 Å². The number of rotatable bonds is 5. The van der Waals surface area contributed by atoms with E-state index in [1.54, 1.807) is 24.4 Å². The van der Waals surface area contributed by atoms with Crippen LogP contribution in [0.1, 0.15) is 72.7 Å². The third-order valence-corrected chi connectivity index (χ3v) is 5.24. The van der Waals surface area contributed by atoms with Gasteiger partial charge in [-0.25, -0.2) is 10.1 Å². The Morgan fingerprint density at radius 1 is 1.23 bits per heavy atom. The highest BCUT2D eigenvalue weighted by Crippen LogP contribution is 2.30. The minimum absolute atomic E-state index is 0.297. The third-order valence-electron chi connectivity index (χ3n) is 4.58. The Balaban J connectivity index is 0.00000106. The molecule has 0 bridgehead atoms. The van der Waals surface area contributed by atoms with Gasteiger partial charge in [-0.05, 0) is 47.0 Å². The van der Waals surface area contributed by atoms with Gasteiger partial charge < -0.3 is 15.8 Å². The van der Waals surface area contributed by atoms with Crippen LogP contribution < -0.4 is 11.1 Å². The van der Waals surface area contributed by atoms with Gasteiger partial charge in [0.2, 0.25) is 0 Å². The molecule has 9 heteroatoms. The summed E-state index contributed by atoms with van der Waals surface area (Å²) in [5, 5.41) is 14.2. The summed E-state index contributed by atoms with van der Waals surface area (Å²) in [5.41, 5.74) is 6.97. The molecule has 0 atom stereocenters. The quantitative estimate of drug-likeness (QED) is 0.587. The van der Waals surface area contributed by atoms with Crippen molar-refractivity contribution < 1.29 is 14.3 Å². The number of esters is 1. The Hall–Kier alpha value is -2.86. The highest BCUT2D eigenvalue weighted by Gasteiger charge is 2.21. The number of nitrogens with two attached hydrogens (primary N) is 1. The number of hydrogen-bond donors (Lipinski definition) is 2. The molecule has 1 fully saturated rings. The van der Waals surface area contributed by atoms with Crippen LogP contribution in [0.25, 0.3) is 0 Å². The highest BCUT2D eigenvalue weighted by molar-refractivity contribution is 9.10. The lowest BCUT2D eigenvalue weighted by molar-refractivity contribution is 0.0599. The number of benzene rings is 1. The number of nitrogens with zero attached hydrogens (tertiary/aromatic N) is 3. The molecule has 8 nitrogen and oxygen atoms in total. The zero-order valence-corrected chi connectivity index (χ0v) is 19.1. The lowest BCUT2D eigenvalue weighted by atomic mass is 9.96. The van der Waals surface area contributed by atoms with E-state index in [9.17, 15) is 9.59 Å². The minimum Gasteiger partial charge on any atom is -0.465 e. The summed E-state index contributed by atoms with van der Waals surface area (Å²) >= 11 is 3.36. The van der Waals surface area contributed by atoms with Crippen LogP contribution in [0.2, 0.25) is 0 Å². The number of aromatic nitrogens is 2. The van der Waals surface area contributed by atoms with E-state index in [1.807, 2.05) is 18.5 Å². The van der Waals surface area contributed by atoms with Gasteiger partial charge in [0.25, 0.3) is 5.91 Å². The lowest BCUT2D eigenvalue weighted by Crippen LogP contribution is -2.14. The van der Waals surface area contributed by atoms with E-state index in [0.717, 1.165) is 12.8 Å². The van der Waals surface area contributed by atoms with E-state index in [4.69, 9.17) is 15.7 Å².